The second-order valence-electron chi connectivity index (χ2n) is 6.00. The maximum absolute atomic E-state index is 14.1. The van der Waals surface area contributed by atoms with E-state index in [2.05, 4.69) is 0 Å². The van der Waals surface area contributed by atoms with Crippen molar-refractivity contribution in [2.45, 2.75) is 26.3 Å². The van der Waals surface area contributed by atoms with Crippen LogP contribution in [0.15, 0.2) is 60.0 Å². The zero-order valence-corrected chi connectivity index (χ0v) is 15.2. The van der Waals surface area contributed by atoms with E-state index in [1.165, 1.54) is 23.5 Å². The lowest BCUT2D eigenvalue weighted by molar-refractivity contribution is -0.118. The van der Waals surface area contributed by atoms with Gasteiger partial charge in [0.15, 0.2) is 0 Å². The molecule has 0 bridgehead atoms. The fourth-order valence-electron chi connectivity index (χ4n) is 2.71. The summed E-state index contributed by atoms with van der Waals surface area (Å²) in [5.41, 5.74) is 2.10. The van der Waals surface area contributed by atoms with Crippen molar-refractivity contribution in [3.63, 3.8) is 0 Å². The normalized spacial score (nSPS) is 10.7. The summed E-state index contributed by atoms with van der Waals surface area (Å²) in [6, 6.07) is 15.3. The first-order chi connectivity index (χ1) is 12.6. The summed E-state index contributed by atoms with van der Waals surface area (Å²) in [6.07, 6.45) is 1.08. The van der Waals surface area contributed by atoms with Gasteiger partial charge < -0.3 is 4.90 Å². The number of amides is 1. The Labute approximate surface area is 155 Å². The number of hydrogen-bond donors (Lipinski definition) is 0. The van der Waals surface area contributed by atoms with E-state index in [4.69, 9.17) is 0 Å². The predicted molar refractivity (Wildman–Crippen MR) is 102 cm³/mol. The van der Waals surface area contributed by atoms with Crippen LogP contribution in [0.5, 0.6) is 0 Å². The molecule has 0 radical (unpaired) electrons. The van der Waals surface area contributed by atoms with Gasteiger partial charge in [-0.3, -0.25) is 4.79 Å². The lowest BCUT2D eigenvalue weighted by Crippen LogP contribution is -2.30. The Kier molecular flexibility index (Phi) is 5.78. The second kappa shape index (κ2) is 8.23. The van der Waals surface area contributed by atoms with Crippen LogP contribution in [0.1, 0.15) is 25.3 Å². The molecule has 0 atom stereocenters. The van der Waals surface area contributed by atoms with Gasteiger partial charge in [-0.15, -0.1) is 11.3 Å². The van der Waals surface area contributed by atoms with Gasteiger partial charge in [0.2, 0.25) is 5.91 Å². The fourth-order valence-corrected chi connectivity index (χ4v) is 3.62. The molecule has 0 unspecified atom stereocenters. The first-order valence-electron chi connectivity index (χ1n) is 8.46. The summed E-state index contributed by atoms with van der Waals surface area (Å²) >= 11 is 1.54. The summed E-state index contributed by atoms with van der Waals surface area (Å²) in [5, 5.41) is 1.90. The van der Waals surface area contributed by atoms with Crippen LogP contribution in [-0.4, -0.2) is 5.91 Å². The van der Waals surface area contributed by atoms with Crippen LogP contribution in [0.3, 0.4) is 0 Å². The predicted octanol–water partition coefficient (Wildman–Crippen LogP) is 6.03. The van der Waals surface area contributed by atoms with Crippen LogP contribution in [-0.2, 0) is 11.3 Å². The molecule has 0 saturated heterocycles. The zero-order valence-electron chi connectivity index (χ0n) is 14.4. The summed E-state index contributed by atoms with van der Waals surface area (Å²) in [7, 11) is 0. The molecule has 2 nitrogen and oxygen atoms in total. The van der Waals surface area contributed by atoms with Gasteiger partial charge in [-0.1, -0.05) is 43.3 Å². The highest BCUT2D eigenvalue weighted by molar-refractivity contribution is 7.14. The summed E-state index contributed by atoms with van der Waals surface area (Å²) in [6.45, 7) is 2.01. The van der Waals surface area contributed by atoms with Crippen molar-refractivity contribution in [2.24, 2.45) is 0 Å². The highest BCUT2D eigenvalue weighted by Crippen LogP contribution is 2.33. The van der Waals surface area contributed by atoms with Crippen molar-refractivity contribution in [2.75, 3.05) is 4.90 Å². The van der Waals surface area contributed by atoms with Crippen molar-refractivity contribution >= 4 is 22.9 Å². The van der Waals surface area contributed by atoms with Crippen molar-refractivity contribution in [1.29, 1.82) is 0 Å². The Morgan fingerprint density at radius 3 is 2.54 bits per heavy atom. The molecule has 1 heterocycles. The molecule has 2 aromatic carbocycles. The molecule has 0 saturated carbocycles. The second-order valence-corrected chi connectivity index (χ2v) is 6.91. The van der Waals surface area contributed by atoms with Gasteiger partial charge in [0, 0.05) is 28.3 Å². The molecule has 1 aromatic heterocycles. The molecule has 134 valence electrons. The molecule has 0 N–H and O–H groups in total. The van der Waals surface area contributed by atoms with Crippen molar-refractivity contribution in [3.8, 4) is 10.4 Å². The van der Waals surface area contributed by atoms with Gasteiger partial charge in [0.05, 0.1) is 12.2 Å². The molecule has 0 fully saturated rings. The third-order valence-electron chi connectivity index (χ3n) is 4.06. The van der Waals surface area contributed by atoms with E-state index >= 15 is 0 Å². The van der Waals surface area contributed by atoms with Gasteiger partial charge in [-0.25, -0.2) is 8.78 Å². The molecule has 0 aliphatic heterocycles. The van der Waals surface area contributed by atoms with Crippen molar-refractivity contribution in [1.82, 2.24) is 0 Å². The van der Waals surface area contributed by atoms with Crippen LogP contribution in [0.4, 0.5) is 14.5 Å². The van der Waals surface area contributed by atoms with E-state index in [1.54, 1.807) is 4.90 Å². The van der Waals surface area contributed by atoms with Crippen molar-refractivity contribution in [3.05, 3.63) is 77.2 Å². The largest absolute Gasteiger partial charge is 0.307 e. The number of thiophene rings is 1. The Hall–Kier alpha value is -2.53. The smallest absolute Gasteiger partial charge is 0.227 e. The SMILES string of the molecule is CCCC(=O)N(Cc1ccc(F)cc1F)c1csc(-c2ccccc2)c1. The Morgan fingerprint density at radius 2 is 1.85 bits per heavy atom. The Morgan fingerprint density at radius 1 is 1.08 bits per heavy atom. The third kappa shape index (κ3) is 4.17. The number of anilines is 1. The lowest BCUT2D eigenvalue weighted by Gasteiger charge is -2.22. The fraction of sp³-hybridized carbons (Fsp3) is 0.190. The number of carbonyl (C=O) groups excluding carboxylic acids is 1. The molecule has 1 amide bonds. The third-order valence-corrected chi connectivity index (χ3v) is 5.03. The quantitative estimate of drug-likeness (QED) is 0.518. The first kappa shape index (κ1) is 18.3. The zero-order chi connectivity index (χ0) is 18.5. The van der Waals surface area contributed by atoms with Crippen LogP contribution in [0, 0.1) is 11.6 Å². The molecule has 3 rings (SSSR count). The van der Waals surface area contributed by atoms with E-state index in [9.17, 15) is 13.6 Å². The highest BCUT2D eigenvalue weighted by atomic mass is 32.1. The van der Waals surface area contributed by atoms with E-state index < -0.39 is 11.6 Å². The van der Waals surface area contributed by atoms with Gasteiger partial charge in [0.25, 0.3) is 0 Å². The van der Waals surface area contributed by atoms with Gasteiger partial charge in [0.1, 0.15) is 11.6 Å². The van der Waals surface area contributed by atoms with Crippen LogP contribution in [0.25, 0.3) is 10.4 Å². The summed E-state index contributed by atoms with van der Waals surface area (Å²) < 4.78 is 27.2. The number of benzene rings is 2. The van der Waals surface area contributed by atoms with E-state index in [1.807, 2.05) is 48.7 Å². The highest BCUT2D eigenvalue weighted by Gasteiger charge is 2.19. The monoisotopic (exact) mass is 371 g/mol. The molecule has 0 aliphatic carbocycles. The summed E-state index contributed by atoms with van der Waals surface area (Å²) in [4.78, 5) is 15.2. The number of halogens is 2. The number of carbonyl (C=O) groups is 1. The first-order valence-corrected chi connectivity index (χ1v) is 9.34. The summed E-state index contributed by atoms with van der Waals surface area (Å²) in [5.74, 6) is -1.34. The maximum atomic E-state index is 14.1. The van der Waals surface area contributed by atoms with Crippen LogP contribution < -0.4 is 4.90 Å². The maximum Gasteiger partial charge on any atom is 0.227 e. The lowest BCUT2D eigenvalue weighted by atomic mass is 10.1. The Balaban J connectivity index is 1.91. The van der Waals surface area contributed by atoms with Gasteiger partial charge in [-0.05, 0) is 24.1 Å². The number of rotatable bonds is 6. The number of nitrogens with zero attached hydrogens (tertiary/aromatic N) is 1. The standard InChI is InChI=1S/C21H19F2NOS/c1-2-6-21(25)24(13-16-9-10-17(22)11-19(16)23)18-12-20(26-14-18)15-7-4-3-5-8-15/h3-5,7-12,14H,2,6,13H2,1H3. The van der Waals surface area contributed by atoms with Crippen molar-refractivity contribution < 1.29 is 13.6 Å². The molecule has 26 heavy (non-hydrogen) atoms. The minimum atomic E-state index is -0.641. The molecule has 5 heteroatoms. The molecular formula is C21H19F2NOS. The van der Waals surface area contributed by atoms with E-state index in [-0.39, 0.29) is 12.5 Å². The molecule has 0 aliphatic rings. The van der Waals surface area contributed by atoms with Gasteiger partial charge >= 0.3 is 0 Å². The van der Waals surface area contributed by atoms with E-state index in [0.717, 1.165) is 22.2 Å². The molecule has 3 aromatic rings. The average molecular weight is 371 g/mol. The van der Waals surface area contributed by atoms with Crippen LogP contribution in [0.2, 0.25) is 0 Å². The minimum Gasteiger partial charge on any atom is -0.307 e. The Bertz CT molecular complexity index is 892. The molecule has 0 spiro atoms. The molecular weight excluding hydrogens is 352 g/mol. The van der Waals surface area contributed by atoms with E-state index in [0.29, 0.717) is 18.4 Å². The number of hydrogen-bond acceptors (Lipinski definition) is 2. The van der Waals surface area contributed by atoms with Gasteiger partial charge in [-0.2, -0.15) is 0 Å². The topological polar surface area (TPSA) is 20.3 Å². The average Bonchev–Trinajstić information content (AvgIpc) is 3.12. The van der Waals surface area contributed by atoms with Crippen LogP contribution >= 0.6 is 11.3 Å². The minimum absolute atomic E-state index is 0.0753.